The molecule has 2 aromatic rings. The van der Waals surface area contributed by atoms with Gasteiger partial charge in [-0.25, -0.2) is 4.98 Å². The molecule has 1 aromatic heterocycles. The Morgan fingerprint density at radius 2 is 2.18 bits per heavy atom. The summed E-state index contributed by atoms with van der Waals surface area (Å²) in [6.07, 6.45) is 0. The van der Waals surface area contributed by atoms with Crippen molar-refractivity contribution in [1.29, 1.82) is 0 Å². The minimum Gasteiger partial charge on any atom is -0.493 e. The Morgan fingerprint density at radius 1 is 1.36 bits per heavy atom. The Kier molecular flexibility index (Phi) is 4.22. The quantitative estimate of drug-likeness (QED) is 0.915. The van der Waals surface area contributed by atoms with E-state index in [-0.39, 0.29) is 12.8 Å². The van der Waals surface area contributed by atoms with Gasteiger partial charge in [0.25, 0.3) is 0 Å². The lowest BCUT2D eigenvalue weighted by Gasteiger charge is -2.14. The van der Waals surface area contributed by atoms with Gasteiger partial charge in [-0.3, -0.25) is 0 Å². The van der Waals surface area contributed by atoms with E-state index in [0.717, 1.165) is 28.6 Å². The van der Waals surface area contributed by atoms with E-state index in [1.54, 1.807) is 18.4 Å². The van der Waals surface area contributed by atoms with E-state index in [0.29, 0.717) is 11.5 Å². The van der Waals surface area contributed by atoms with Gasteiger partial charge in [0.1, 0.15) is 0 Å². The highest BCUT2D eigenvalue weighted by atomic mass is 32.1. The van der Waals surface area contributed by atoms with Crippen LogP contribution in [0.2, 0.25) is 0 Å². The van der Waals surface area contributed by atoms with E-state index in [4.69, 9.17) is 14.2 Å². The Bertz CT molecular complexity index is 684. The number of hydrogen-bond acceptors (Lipinski definition) is 6. The summed E-state index contributed by atoms with van der Waals surface area (Å²) in [6, 6.07) is 4.23. The van der Waals surface area contributed by atoms with Crippen molar-refractivity contribution in [2.75, 3.05) is 13.9 Å². The van der Waals surface area contributed by atoms with Crippen LogP contribution in [-0.4, -0.2) is 18.9 Å². The summed E-state index contributed by atoms with van der Waals surface area (Å²) >= 11 is 1.74. The zero-order valence-electron chi connectivity index (χ0n) is 13.2. The SMILES string of the molecule is COc1cc(CN[C@H](C)c2sc(C)nc2C)cc2c1OCO2. The first-order valence-corrected chi connectivity index (χ1v) is 8.04. The summed E-state index contributed by atoms with van der Waals surface area (Å²) in [7, 11) is 1.64. The van der Waals surface area contributed by atoms with Crippen LogP contribution in [0.4, 0.5) is 0 Å². The zero-order valence-corrected chi connectivity index (χ0v) is 14.0. The molecule has 0 fully saturated rings. The highest BCUT2D eigenvalue weighted by Gasteiger charge is 2.20. The van der Waals surface area contributed by atoms with Gasteiger partial charge in [0, 0.05) is 17.5 Å². The first-order chi connectivity index (χ1) is 10.6. The largest absolute Gasteiger partial charge is 0.493 e. The molecule has 0 radical (unpaired) electrons. The van der Waals surface area contributed by atoms with E-state index in [1.807, 2.05) is 19.1 Å². The highest BCUT2D eigenvalue weighted by molar-refractivity contribution is 7.11. The van der Waals surface area contributed by atoms with E-state index in [9.17, 15) is 0 Å². The second-order valence-corrected chi connectivity index (χ2v) is 6.55. The van der Waals surface area contributed by atoms with E-state index >= 15 is 0 Å². The van der Waals surface area contributed by atoms with Gasteiger partial charge in [-0.2, -0.15) is 0 Å². The maximum absolute atomic E-state index is 5.46. The number of rotatable bonds is 5. The Balaban J connectivity index is 1.73. The maximum Gasteiger partial charge on any atom is 0.231 e. The van der Waals surface area contributed by atoms with Gasteiger partial charge in [-0.05, 0) is 38.5 Å². The number of aryl methyl sites for hydroxylation is 2. The van der Waals surface area contributed by atoms with Crippen molar-refractivity contribution < 1.29 is 14.2 Å². The Hall–Kier alpha value is -1.79. The van der Waals surface area contributed by atoms with Gasteiger partial charge < -0.3 is 19.5 Å². The van der Waals surface area contributed by atoms with Crippen molar-refractivity contribution in [3.8, 4) is 17.2 Å². The zero-order chi connectivity index (χ0) is 15.7. The smallest absolute Gasteiger partial charge is 0.231 e. The van der Waals surface area contributed by atoms with Crippen LogP contribution < -0.4 is 19.5 Å². The van der Waals surface area contributed by atoms with Gasteiger partial charge in [-0.15, -0.1) is 11.3 Å². The number of methoxy groups -OCH3 is 1. The van der Waals surface area contributed by atoms with Crippen LogP contribution in [0.5, 0.6) is 17.2 Å². The molecular weight excluding hydrogens is 300 g/mol. The lowest BCUT2D eigenvalue weighted by molar-refractivity contribution is 0.171. The fourth-order valence-corrected chi connectivity index (χ4v) is 3.55. The number of ether oxygens (including phenoxy) is 3. The van der Waals surface area contributed by atoms with Gasteiger partial charge in [-0.1, -0.05) is 0 Å². The van der Waals surface area contributed by atoms with Crippen LogP contribution in [-0.2, 0) is 6.54 Å². The first-order valence-electron chi connectivity index (χ1n) is 7.22. The number of hydrogen-bond donors (Lipinski definition) is 1. The molecule has 1 aromatic carbocycles. The maximum atomic E-state index is 5.46. The van der Waals surface area contributed by atoms with E-state index in [1.165, 1.54) is 4.88 Å². The lowest BCUT2D eigenvalue weighted by Crippen LogP contribution is -2.18. The van der Waals surface area contributed by atoms with E-state index in [2.05, 4.69) is 24.1 Å². The molecule has 1 atom stereocenters. The normalized spacial score (nSPS) is 14.2. The lowest BCUT2D eigenvalue weighted by atomic mass is 10.1. The second-order valence-electron chi connectivity index (χ2n) is 5.32. The third-order valence-electron chi connectivity index (χ3n) is 3.66. The average Bonchev–Trinajstić information content (AvgIpc) is 3.09. The third-order valence-corrected chi connectivity index (χ3v) is 4.92. The third kappa shape index (κ3) is 2.89. The molecule has 1 aliphatic heterocycles. The molecule has 0 aliphatic carbocycles. The van der Waals surface area contributed by atoms with Crippen LogP contribution in [0, 0.1) is 13.8 Å². The molecule has 0 unspecified atom stereocenters. The molecule has 0 spiro atoms. The monoisotopic (exact) mass is 320 g/mol. The first kappa shape index (κ1) is 15.1. The molecule has 1 aliphatic rings. The number of aromatic nitrogens is 1. The summed E-state index contributed by atoms with van der Waals surface area (Å²) in [5, 5.41) is 4.63. The minimum atomic E-state index is 0.248. The molecular formula is C16H20N2O3S. The van der Waals surface area contributed by atoms with Gasteiger partial charge in [0.15, 0.2) is 11.5 Å². The van der Waals surface area contributed by atoms with Gasteiger partial charge in [0.05, 0.1) is 17.8 Å². The molecule has 5 nitrogen and oxygen atoms in total. The van der Waals surface area contributed by atoms with Crippen LogP contribution in [0.25, 0.3) is 0 Å². The van der Waals surface area contributed by atoms with Crippen molar-refractivity contribution in [2.24, 2.45) is 0 Å². The summed E-state index contributed by atoms with van der Waals surface area (Å²) in [5.74, 6) is 2.14. The van der Waals surface area contributed by atoms with Crippen molar-refractivity contribution in [1.82, 2.24) is 10.3 Å². The van der Waals surface area contributed by atoms with Crippen LogP contribution in [0.15, 0.2) is 12.1 Å². The van der Waals surface area contributed by atoms with Gasteiger partial charge in [0.2, 0.25) is 12.5 Å². The summed E-state index contributed by atoms with van der Waals surface area (Å²) in [6.45, 7) is 7.23. The van der Waals surface area contributed by atoms with Crippen LogP contribution in [0.1, 0.15) is 34.1 Å². The van der Waals surface area contributed by atoms with Crippen molar-refractivity contribution >= 4 is 11.3 Å². The summed E-state index contributed by atoms with van der Waals surface area (Å²) in [4.78, 5) is 5.77. The fourth-order valence-electron chi connectivity index (χ4n) is 2.60. The predicted octanol–water partition coefficient (Wildman–Crippen LogP) is 3.35. The average molecular weight is 320 g/mol. The summed E-state index contributed by atoms with van der Waals surface area (Å²) in [5.41, 5.74) is 2.21. The van der Waals surface area contributed by atoms with Crippen molar-refractivity contribution in [3.63, 3.8) is 0 Å². The molecule has 0 saturated carbocycles. The molecule has 0 amide bonds. The Morgan fingerprint density at radius 3 is 2.86 bits per heavy atom. The standard InChI is InChI=1S/C16H20N2O3S/c1-9(16-10(2)18-11(3)22-16)17-7-12-5-13(19-4)15-14(6-12)20-8-21-15/h5-6,9,17H,7-8H2,1-4H3/t9-/m1/s1. The van der Waals surface area contributed by atoms with Crippen LogP contribution >= 0.6 is 11.3 Å². The number of fused-ring (bicyclic) bond motifs is 1. The molecule has 22 heavy (non-hydrogen) atoms. The molecule has 3 rings (SSSR count). The van der Waals surface area contributed by atoms with Crippen molar-refractivity contribution in [3.05, 3.63) is 33.3 Å². The molecule has 0 bridgehead atoms. The molecule has 2 heterocycles. The topological polar surface area (TPSA) is 52.6 Å². The molecule has 118 valence electrons. The highest BCUT2D eigenvalue weighted by Crippen LogP contribution is 2.41. The van der Waals surface area contributed by atoms with Crippen LogP contribution in [0.3, 0.4) is 0 Å². The number of nitrogens with zero attached hydrogens (tertiary/aromatic N) is 1. The molecule has 6 heteroatoms. The minimum absolute atomic E-state index is 0.248. The van der Waals surface area contributed by atoms with Crippen molar-refractivity contribution in [2.45, 2.75) is 33.4 Å². The molecule has 1 N–H and O–H groups in total. The number of thiazole rings is 1. The number of nitrogens with one attached hydrogen (secondary N) is 1. The number of benzene rings is 1. The van der Waals surface area contributed by atoms with Gasteiger partial charge >= 0.3 is 0 Å². The fraction of sp³-hybridized carbons (Fsp3) is 0.438. The molecule has 0 saturated heterocycles. The summed E-state index contributed by atoms with van der Waals surface area (Å²) < 4.78 is 16.2. The Labute approximate surface area is 134 Å². The second kappa shape index (κ2) is 6.14. The van der Waals surface area contributed by atoms with E-state index < -0.39 is 0 Å². The predicted molar refractivity (Wildman–Crippen MR) is 86.0 cm³/mol.